The minimum atomic E-state index is -2.35. The molecule has 1 unspecified atom stereocenters. The van der Waals surface area contributed by atoms with Crippen LogP contribution < -0.4 is 16.6 Å². The van der Waals surface area contributed by atoms with Crippen LogP contribution in [0.15, 0.2) is 73.4 Å². The lowest BCUT2D eigenvalue weighted by Crippen LogP contribution is -2.73. The minimum absolute atomic E-state index is 0.0197. The van der Waals surface area contributed by atoms with Gasteiger partial charge in [0.05, 0.1) is 37.1 Å². The van der Waals surface area contributed by atoms with Crippen LogP contribution >= 0.6 is 0 Å². The number of hydrogen-bond acceptors (Lipinski definition) is 10. The normalized spacial score (nSPS) is 22.0. The summed E-state index contributed by atoms with van der Waals surface area (Å²) in [5, 5.41) is 5.17. The number of rotatable bonds is 10. The van der Waals surface area contributed by atoms with Crippen LogP contribution in [0.2, 0.25) is 0 Å². The molecule has 5 heterocycles. The van der Waals surface area contributed by atoms with E-state index < -0.39 is 63.4 Å². The van der Waals surface area contributed by atoms with E-state index in [4.69, 9.17) is 20.3 Å². The first-order valence-corrected chi connectivity index (χ1v) is 23.3. The van der Waals surface area contributed by atoms with Gasteiger partial charge < -0.3 is 24.3 Å². The summed E-state index contributed by atoms with van der Waals surface area (Å²) in [6, 6.07) is 14.1. The summed E-state index contributed by atoms with van der Waals surface area (Å²) in [5.74, 6) is 2.94. The molecule has 2 aromatic carbocycles. The van der Waals surface area contributed by atoms with E-state index in [1.807, 2.05) is 37.3 Å². The van der Waals surface area contributed by atoms with Crippen LogP contribution in [0.25, 0.3) is 33.3 Å². The smallest absolute Gasteiger partial charge is 0.338 e. The number of nitrogens with two attached hydrogens (primary N) is 1. The van der Waals surface area contributed by atoms with Gasteiger partial charge in [0.1, 0.15) is 12.1 Å². The second kappa shape index (κ2) is 19.4. The molecule has 67 heavy (non-hydrogen) atoms. The van der Waals surface area contributed by atoms with Gasteiger partial charge in [0, 0.05) is 67.8 Å². The molecule has 4 aromatic rings. The first kappa shape index (κ1) is 49.1. The Morgan fingerprint density at radius 2 is 1.87 bits per heavy atom. The van der Waals surface area contributed by atoms with Crippen LogP contribution in [-0.4, -0.2) is 118 Å². The summed E-state index contributed by atoms with van der Waals surface area (Å²) in [7, 11) is 2.95. The number of halogens is 1. The van der Waals surface area contributed by atoms with Gasteiger partial charge in [0.2, 0.25) is 11.9 Å². The van der Waals surface area contributed by atoms with Gasteiger partial charge in [-0.15, -0.1) is 0 Å². The van der Waals surface area contributed by atoms with Gasteiger partial charge in [0.15, 0.2) is 5.67 Å². The van der Waals surface area contributed by atoms with E-state index in [1.54, 1.807) is 13.3 Å². The molecule has 2 fully saturated rings. The topological polar surface area (TPSA) is 178 Å². The summed E-state index contributed by atoms with van der Waals surface area (Å²) in [4.78, 5) is 76.0. The van der Waals surface area contributed by atoms with Crippen molar-refractivity contribution in [3.63, 3.8) is 0 Å². The molecular formula is C51H66FN8O7+. The number of alkyl halides is 1. The standard InChI is InChI=1S/C51H65FN8O7/c1-10-42(61)57-24-21-35(29-57)48(64)60(8,53)45(51(6,7)52)46(62)55-40-26-32-15-12-16-33(25-32)34-19-20-41-37(27-34)38(44(58(41)11-2)36-17-13-22-54-43(36)31(3)66-9)28-50(4,5)30-67-49(65)39-18-14-23-59(56-39)47(40)63/h10,12-13,15-17,19-20,22,25,27,31,35,39-40,45,56H,1,11,14,18,21,23-24,26,28-30,53H2,2-9H3/p+1/t31-,35-,39-,40-,45+,60?/m0/s1. The number of esters is 1. The molecule has 2 saturated heterocycles. The number of fused-ring (bicyclic) bond motifs is 6. The number of carbonyl (C=O) groups is 5. The first-order valence-electron chi connectivity index (χ1n) is 23.3. The second-order valence-electron chi connectivity index (χ2n) is 19.8. The van der Waals surface area contributed by atoms with Gasteiger partial charge in [-0.05, 0) is 106 Å². The van der Waals surface area contributed by atoms with E-state index in [1.165, 1.54) is 30.8 Å². The number of benzene rings is 2. The van der Waals surface area contributed by atoms with Crippen molar-refractivity contribution in [2.24, 2.45) is 17.2 Å². The minimum Gasteiger partial charge on any atom is -0.464 e. The lowest BCUT2D eigenvalue weighted by atomic mass is 9.84. The zero-order valence-electron chi connectivity index (χ0n) is 40.1. The van der Waals surface area contributed by atoms with Crippen molar-refractivity contribution in [1.82, 2.24) is 30.2 Å². The van der Waals surface area contributed by atoms with E-state index in [2.05, 4.69) is 66.9 Å². The molecule has 0 spiro atoms. The van der Waals surface area contributed by atoms with Gasteiger partial charge >= 0.3 is 11.9 Å². The van der Waals surface area contributed by atoms with Gasteiger partial charge in [-0.1, -0.05) is 50.8 Å². The average molecular weight is 922 g/mol. The number of carbonyl (C=O) groups excluding carboxylic acids is 5. The summed E-state index contributed by atoms with van der Waals surface area (Å²) < 4.78 is 29.5. The van der Waals surface area contributed by atoms with Crippen molar-refractivity contribution in [3.05, 3.63) is 90.3 Å². The summed E-state index contributed by atoms with van der Waals surface area (Å²) in [6.45, 7) is 15.4. The van der Waals surface area contributed by atoms with Crippen molar-refractivity contribution >= 4 is 40.5 Å². The maximum absolute atomic E-state index is 16.5. The lowest BCUT2D eigenvalue weighted by molar-refractivity contribution is -0.870. The van der Waals surface area contributed by atoms with Crippen molar-refractivity contribution in [3.8, 4) is 22.4 Å². The molecule has 3 aliphatic heterocycles. The number of amides is 4. The highest BCUT2D eigenvalue weighted by molar-refractivity contribution is 5.96. The molecule has 6 bridgehead atoms. The third-order valence-corrected chi connectivity index (χ3v) is 13.6. The van der Waals surface area contributed by atoms with Gasteiger partial charge in [-0.2, -0.15) is 10.4 Å². The second-order valence-corrected chi connectivity index (χ2v) is 19.8. The maximum atomic E-state index is 16.5. The summed E-state index contributed by atoms with van der Waals surface area (Å²) in [5.41, 5.74) is 7.55. The van der Waals surface area contributed by atoms with Crippen LogP contribution in [0.5, 0.6) is 0 Å². The molecule has 358 valence electrons. The summed E-state index contributed by atoms with van der Waals surface area (Å²) >= 11 is 0. The van der Waals surface area contributed by atoms with Crippen molar-refractivity contribution < 1.29 is 42.4 Å². The fraction of sp³-hybridized carbons (Fsp3) is 0.490. The molecule has 16 heteroatoms. The van der Waals surface area contributed by atoms with E-state index in [-0.39, 0.29) is 51.1 Å². The van der Waals surface area contributed by atoms with Crippen LogP contribution in [0.1, 0.15) is 83.7 Å². The van der Waals surface area contributed by atoms with E-state index >= 15 is 4.39 Å². The number of cyclic esters (lactones) is 1. The number of likely N-dealkylation sites (tertiary alicyclic amines) is 1. The molecule has 2 aromatic heterocycles. The number of hydrazine groups is 1. The van der Waals surface area contributed by atoms with Gasteiger partial charge in [-0.3, -0.25) is 29.2 Å². The SMILES string of the molecule is C=CC(=O)N1CC[C@H](C(=O)[N+](C)(N)[C@H](C(=O)N[C@H]2Cc3cccc(c3)-c3ccc4c(c3)c(c(-c3cccnc3[C@H](C)OC)n4CC)CC(C)(C)COC(=O)[C@@H]3CCCN(N3)C2=O)C(C)(C)F)C1. The fourth-order valence-corrected chi connectivity index (χ4v) is 10.2. The fourth-order valence-electron chi connectivity index (χ4n) is 10.2. The third-order valence-electron chi connectivity index (χ3n) is 13.6. The predicted molar refractivity (Wildman–Crippen MR) is 253 cm³/mol. The number of nitrogens with one attached hydrogen (secondary N) is 2. The molecule has 15 nitrogen and oxygen atoms in total. The number of aromatic nitrogens is 2. The van der Waals surface area contributed by atoms with Crippen molar-refractivity contribution in [2.45, 2.75) is 110 Å². The van der Waals surface area contributed by atoms with E-state index in [9.17, 15) is 24.0 Å². The highest BCUT2D eigenvalue weighted by atomic mass is 19.1. The molecule has 4 N–H and O–H groups in total. The first-order chi connectivity index (χ1) is 31.7. The Hall–Kier alpha value is -5.81. The Morgan fingerprint density at radius 3 is 2.57 bits per heavy atom. The summed E-state index contributed by atoms with van der Waals surface area (Å²) in [6.07, 6.45) is 4.34. The van der Waals surface area contributed by atoms with E-state index in [0.29, 0.717) is 31.4 Å². The van der Waals surface area contributed by atoms with Crippen LogP contribution in [-0.2, 0) is 52.8 Å². The molecule has 6 atom stereocenters. The zero-order valence-corrected chi connectivity index (χ0v) is 40.1. The zero-order chi connectivity index (χ0) is 48.6. The molecular weight excluding hydrogens is 856 g/mol. The number of methoxy groups -OCH3 is 1. The monoisotopic (exact) mass is 922 g/mol. The van der Waals surface area contributed by atoms with Crippen LogP contribution in [0.3, 0.4) is 0 Å². The van der Waals surface area contributed by atoms with Gasteiger partial charge in [0.25, 0.3) is 11.8 Å². The lowest BCUT2D eigenvalue weighted by Gasteiger charge is -2.40. The number of ether oxygens (including phenoxy) is 2. The third kappa shape index (κ3) is 10.1. The Bertz CT molecular complexity index is 2560. The number of aryl methyl sites for hydroxylation is 1. The number of likely N-dealkylation sites (N-methyl/N-ethyl adjacent to an activating group) is 1. The molecule has 7 rings (SSSR count). The molecule has 0 saturated carbocycles. The average Bonchev–Trinajstić information content (AvgIpc) is 3.91. The maximum Gasteiger partial charge on any atom is 0.338 e. The van der Waals surface area contributed by atoms with Crippen LogP contribution in [0.4, 0.5) is 4.39 Å². The molecule has 3 aliphatic rings. The number of hydrogen-bond donors (Lipinski definition) is 3. The predicted octanol–water partition coefficient (Wildman–Crippen LogP) is 5.74. The Labute approximate surface area is 392 Å². The van der Waals surface area contributed by atoms with Gasteiger partial charge in [-0.25, -0.2) is 14.6 Å². The molecule has 4 amide bonds. The highest BCUT2D eigenvalue weighted by Crippen LogP contribution is 2.42. The van der Waals surface area contributed by atoms with Crippen molar-refractivity contribution in [2.75, 3.05) is 40.4 Å². The largest absolute Gasteiger partial charge is 0.464 e. The van der Waals surface area contributed by atoms with E-state index in [0.717, 1.165) is 50.6 Å². The number of nitrogens with zero attached hydrogens (tertiary/aromatic N) is 5. The molecule has 0 aliphatic carbocycles. The Kier molecular flexibility index (Phi) is 14.2. The Morgan fingerprint density at radius 1 is 1.12 bits per heavy atom. The highest BCUT2D eigenvalue weighted by Gasteiger charge is 2.55. The Balaban J connectivity index is 1.31. The number of pyridine rings is 1. The quantitative estimate of drug-likeness (QED) is 0.0444. The van der Waals surface area contributed by atoms with Crippen molar-refractivity contribution in [1.29, 1.82) is 0 Å². The molecule has 0 radical (unpaired) electrons. The van der Waals surface area contributed by atoms with Crippen LogP contribution in [0, 0.1) is 11.3 Å². The number of quaternary nitrogens is 1.